The molecule has 0 heterocycles. The second-order valence-corrected chi connectivity index (χ2v) is 5.11. The highest BCUT2D eigenvalue weighted by Gasteiger charge is 2.08. The summed E-state index contributed by atoms with van der Waals surface area (Å²) in [5.41, 5.74) is 2.02. The van der Waals surface area contributed by atoms with Gasteiger partial charge in [-0.15, -0.1) is 0 Å². The maximum Gasteiger partial charge on any atom is 0.0692 e. The van der Waals surface area contributed by atoms with E-state index in [0.717, 1.165) is 41.8 Å². The summed E-state index contributed by atoms with van der Waals surface area (Å²) in [7, 11) is 3.42. The maximum absolute atomic E-state index is 9.18. The third-order valence-electron chi connectivity index (χ3n) is 2.91. The van der Waals surface area contributed by atoms with Crippen molar-refractivity contribution >= 4 is 21.6 Å². The Morgan fingerprint density at radius 3 is 2.47 bits per heavy atom. The van der Waals surface area contributed by atoms with Gasteiger partial charge >= 0.3 is 0 Å². The van der Waals surface area contributed by atoms with Crippen LogP contribution in [0.15, 0.2) is 22.7 Å². The summed E-state index contributed by atoms with van der Waals surface area (Å²) < 4.78 is 11.2. The van der Waals surface area contributed by atoms with Crippen molar-refractivity contribution in [1.29, 1.82) is 0 Å². The molecule has 1 aromatic rings. The molecule has 0 saturated heterocycles. The minimum atomic E-state index is 0.0443. The molecule has 0 bridgehead atoms. The van der Waals surface area contributed by atoms with Crippen molar-refractivity contribution in [2.24, 2.45) is 0 Å². The summed E-state index contributed by atoms with van der Waals surface area (Å²) in [6.07, 6.45) is 0.972. The molecular weight excluding hydrogens is 310 g/mol. The zero-order valence-corrected chi connectivity index (χ0v) is 13.1. The van der Waals surface area contributed by atoms with E-state index in [9.17, 15) is 5.11 Å². The molecule has 1 N–H and O–H groups in total. The van der Waals surface area contributed by atoms with Crippen molar-refractivity contribution in [3.05, 3.63) is 28.2 Å². The second-order valence-electron chi connectivity index (χ2n) is 4.26. The molecule has 0 aliphatic carbocycles. The van der Waals surface area contributed by atoms with E-state index in [-0.39, 0.29) is 6.61 Å². The van der Waals surface area contributed by atoms with Crippen LogP contribution >= 0.6 is 15.9 Å². The predicted molar refractivity (Wildman–Crippen MR) is 80.6 cm³/mol. The molecular formula is C14H22BrNO3. The Balaban J connectivity index is 2.74. The van der Waals surface area contributed by atoms with Gasteiger partial charge in [0.1, 0.15) is 0 Å². The summed E-state index contributed by atoms with van der Waals surface area (Å²) in [6.45, 7) is 3.24. The number of benzene rings is 1. The van der Waals surface area contributed by atoms with E-state index in [0.29, 0.717) is 6.61 Å². The van der Waals surface area contributed by atoms with Crippen LogP contribution in [-0.2, 0) is 16.1 Å². The molecule has 0 aliphatic rings. The first-order valence-corrected chi connectivity index (χ1v) is 7.14. The van der Waals surface area contributed by atoms with Crippen LogP contribution in [0.25, 0.3) is 0 Å². The second kappa shape index (κ2) is 9.31. The Bertz CT molecular complexity index is 374. The Morgan fingerprint density at radius 1 is 1.16 bits per heavy atom. The molecule has 1 rings (SSSR count). The minimum Gasteiger partial charge on any atom is -0.392 e. The number of methoxy groups -OCH3 is 2. The van der Waals surface area contributed by atoms with Crippen LogP contribution in [0, 0.1) is 0 Å². The molecule has 0 saturated carbocycles. The van der Waals surface area contributed by atoms with Crippen molar-refractivity contribution in [2.45, 2.75) is 13.0 Å². The van der Waals surface area contributed by atoms with Gasteiger partial charge in [-0.05, 0) is 24.1 Å². The minimum absolute atomic E-state index is 0.0443. The lowest BCUT2D eigenvalue weighted by Crippen LogP contribution is -2.29. The van der Waals surface area contributed by atoms with Crippen molar-refractivity contribution in [3.63, 3.8) is 0 Å². The molecule has 108 valence electrons. The van der Waals surface area contributed by atoms with Crippen molar-refractivity contribution in [2.75, 3.05) is 45.4 Å². The van der Waals surface area contributed by atoms with E-state index in [2.05, 4.69) is 20.8 Å². The molecule has 0 spiro atoms. The number of halogens is 1. The zero-order chi connectivity index (χ0) is 14.1. The normalized spacial score (nSPS) is 10.7. The molecule has 5 heteroatoms. The highest BCUT2D eigenvalue weighted by atomic mass is 79.9. The lowest BCUT2D eigenvalue weighted by atomic mass is 10.2. The van der Waals surface area contributed by atoms with Crippen molar-refractivity contribution in [1.82, 2.24) is 0 Å². The van der Waals surface area contributed by atoms with Gasteiger partial charge in [0.05, 0.1) is 13.2 Å². The lowest BCUT2D eigenvalue weighted by Gasteiger charge is -2.25. The summed E-state index contributed by atoms with van der Waals surface area (Å²) in [5.74, 6) is 0. The Labute approximate surface area is 123 Å². The van der Waals surface area contributed by atoms with Gasteiger partial charge < -0.3 is 19.5 Å². The smallest absolute Gasteiger partial charge is 0.0692 e. The number of aliphatic hydroxyl groups excluding tert-OH is 1. The van der Waals surface area contributed by atoms with Gasteiger partial charge in [0.25, 0.3) is 0 Å². The Hall–Kier alpha value is -0.620. The molecule has 0 aliphatic heterocycles. The van der Waals surface area contributed by atoms with Crippen molar-refractivity contribution < 1.29 is 14.6 Å². The van der Waals surface area contributed by atoms with E-state index >= 15 is 0 Å². The third kappa shape index (κ3) is 5.48. The van der Waals surface area contributed by atoms with Gasteiger partial charge in [0, 0.05) is 44.1 Å². The van der Waals surface area contributed by atoms with Crippen LogP contribution in [-0.4, -0.2) is 45.6 Å². The van der Waals surface area contributed by atoms with E-state index in [4.69, 9.17) is 9.47 Å². The first kappa shape index (κ1) is 16.4. The van der Waals surface area contributed by atoms with Gasteiger partial charge in [0.2, 0.25) is 0 Å². The van der Waals surface area contributed by atoms with E-state index < -0.39 is 0 Å². The molecule has 19 heavy (non-hydrogen) atoms. The lowest BCUT2D eigenvalue weighted by molar-refractivity contribution is 0.191. The fraction of sp³-hybridized carbons (Fsp3) is 0.571. The molecule has 0 radical (unpaired) electrons. The van der Waals surface area contributed by atoms with E-state index in [1.807, 2.05) is 18.2 Å². The molecule has 1 aromatic carbocycles. The van der Waals surface area contributed by atoms with Gasteiger partial charge in [0.15, 0.2) is 0 Å². The number of rotatable bonds is 9. The third-order valence-corrected chi connectivity index (χ3v) is 3.65. The number of anilines is 1. The average Bonchev–Trinajstić information content (AvgIpc) is 2.42. The van der Waals surface area contributed by atoms with Gasteiger partial charge in [-0.2, -0.15) is 0 Å². The Kier molecular flexibility index (Phi) is 8.05. The largest absolute Gasteiger partial charge is 0.392 e. The predicted octanol–water partition coefficient (Wildman–Crippen LogP) is 2.43. The topological polar surface area (TPSA) is 41.9 Å². The van der Waals surface area contributed by atoms with Crippen LogP contribution in [0.1, 0.15) is 12.0 Å². The first-order chi connectivity index (χ1) is 9.22. The number of ether oxygens (including phenoxy) is 2. The zero-order valence-electron chi connectivity index (χ0n) is 11.6. The molecule has 4 nitrogen and oxygen atoms in total. The molecule has 0 atom stereocenters. The van der Waals surface area contributed by atoms with Crippen LogP contribution in [0.2, 0.25) is 0 Å². The maximum atomic E-state index is 9.18. The fourth-order valence-electron chi connectivity index (χ4n) is 1.83. The SMILES string of the molecule is COCCCN(CCOC)c1ccc(CO)c(Br)c1. The number of nitrogens with zero attached hydrogens (tertiary/aromatic N) is 1. The Morgan fingerprint density at radius 2 is 1.89 bits per heavy atom. The van der Waals surface area contributed by atoms with Gasteiger partial charge in [-0.25, -0.2) is 0 Å². The number of aliphatic hydroxyl groups is 1. The summed E-state index contributed by atoms with van der Waals surface area (Å²) in [4.78, 5) is 2.26. The van der Waals surface area contributed by atoms with E-state index in [1.165, 1.54) is 0 Å². The van der Waals surface area contributed by atoms with Crippen LogP contribution in [0.5, 0.6) is 0 Å². The van der Waals surface area contributed by atoms with Crippen LogP contribution in [0.3, 0.4) is 0 Å². The van der Waals surface area contributed by atoms with E-state index in [1.54, 1.807) is 14.2 Å². The molecule has 0 unspecified atom stereocenters. The monoisotopic (exact) mass is 331 g/mol. The van der Waals surface area contributed by atoms with Crippen molar-refractivity contribution in [3.8, 4) is 0 Å². The first-order valence-electron chi connectivity index (χ1n) is 6.35. The van der Waals surface area contributed by atoms with Gasteiger partial charge in [-0.1, -0.05) is 22.0 Å². The standard InChI is InChI=1S/C14H22BrNO3/c1-18-8-3-6-16(7-9-19-2)13-5-4-12(11-17)14(15)10-13/h4-5,10,17H,3,6-9,11H2,1-2H3. The average molecular weight is 332 g/mol. The molecule has 0 amide bonds. The number of hydrogen-bond donors (Lipinski definition) is 1. The fourth-order valence-corrected chi connectivity index (χ4v) is 2.32. The van der Waals surface area contributed by atoms with Crippen LogP contribution < -0.4 is 4.90 Å². The summed E-state index contributed by atoms with van der Waals surface area (Å²) in [5, 5.41) is 9.18. The quantitative estimate of drug-likeness (QED) is 0.706. The summed E-state index contributed by atoms with van der Waals surface area (Å²) >= 11 is 3.48. The highest BCUT2D eigenvalue weighted by molar-refractivity contribution is 9.10. The van der Waals surface area contributed by atoms with Crippen LogP contribution in [0.4, 0.5) is 5.69 Å². The summed E-state index contributed by atoms with van der Waals surface area (Å²) in [6, 6.07) is 6.00. The molecule has 0 fully saturated rings. The molecule has 0 aromatic heterocycles. The number of hydrogen-bond acceptors (Lipinski definition) is 4. The van der Waals surface area contributed by atoms with Gasteiger partial charge in [-0.3, -0.25) is 0 Å². The highest BCUT2D eigenvalue weighted by Crippen LogP contribution is 2.24.